The van der Waals surface area contributed by atoms with Crippen LogP contribution in [0.3, 0.4) is 0 Å². The number of hydrogen-bond donors (Lipinski definition) is 1. The average Bonchev–Trinajstić information content (AvgIpc) is 2.81. The molecule has 0 spiro atoms. The quantitative estimate of drug-likeness (QED) is 0.852. The van der Waals surface area contributed by atoms with Crippen molar-refractivity contribution in [3.8, 4) is 0 Å². The van der Waals surface area contributed by atoms with Gasteiger partial charge in [-0.3, -0.25) is 0 Å². The second-order valence-electron chi connectivity index (χ2n) is 4.28. The Balaban J connectivity index is 2.30. The molecule has 1 heterocycles. The molecule has 1 aromatic carbocycles. The molecule has 0 radical (unpaired) electrons. The first-order chi connectivity index (χ1) is 7.68. The lowest BCUT2D eigenvalue weighted by molar-refractivity contribution is 0.219. The monoisotopic (exact) mass is 216 g/mol. The lowest BCUT2D eigenvalue weighted by Crippen LogP contribution is -1.99. The van der Waals surface area contributed by atoms with Gasteiger partial charge in [-0.15, -0.1) is 0 Å². The number of hydrogen-bond acceptors (Lipinski definition) is 2. The van der Waals surface area contributed by atoms with Crippen LogP contribution in [0.5, 0.6) is 0 Å². The Morgan fingerprint density at radius 1 is 1.06 bits per heavy atom. The molecule has 0 aliphatic carbocycles. The van der Waals surface area contributed by atoms with Gasteiger partial charge in [-0.1, -0.05) is 38.1 Å². The molecule has 2 heteroatoms. The lowest BCUT2D eigenvalue weighted by Gasteiger charge is -2.12. The first-order valence-corrected chi connectivity index (χ1v) is 5.48. The fourth-order valence-electron chi connectivity index (χ4n) is 1.71. The number of furan rings is 1. The molecule has 0 bridgehead atoms. The molecular weight excluding hydrogens is 200 g/mol. The van der Waals surface area contributed by atoms with E-state index in [1.807, 2.05) is 18.2 Å². The summed E-state index contributed by atoms with van der Waals surface area (Å²) in [6, 6.07) is 9.82. The Morgan fingerprint density at radius 2 is 1.81 bits per heavy atom. The Bertz CT molecular complexity index is 444. The molecule has 2 rings (SSSR count). The average molecular weight is 216 g/mol. The molecule has 0 fully saturated rings. The van der Waals surface area contributed by atoms with Gasteiger partial charge in [0.15, 0.2) is 0 Å². The molecule has 1 N–H and O–H groups in total. The van der Waals surface area contributed by atoms with E-state index in [4.69, 9.17) is 4.42 Å². The van der Waals surface area contributed by atoms with Crippen LogP contribution in [-0.2, 0) is 0 Å². The van der Waals surface area contributed by atoms with E-state index in [2.05, 4.69) is 19.9 Å². The summed E-state index contributed by atoms with van der Waals surface area (Å²) in [7, 11) is 0. The molecule has 0 unspecified atom stereocenters. The van der Waals surface area contributed by atoms with Gasteiger partial charge < -0.3 is 9.52 Å². The van der Waals surface area contributed by atoms with Gasteiger partial charge in [0.05, 0.1) is 12.5 Å². The molecule has 0 aliphatic rings. The minimum absolute atomic E-state index is 0.469. The lowest BCUT2D eigenvalue weighted by atomic mass is 9.97. The van der Waals surface area contributed by atoms with Crippen molar-refractivity contribution in [2.45, 2.75) is 25.9 Å². The van der Waals surface area contributed by atoms with Gasteiger partial charge in [0.25, 0.3) is 0 Å². The number of aliphatic hydroxyl groups excluding tert-OH is 1. The summed E-state index contributed by atoms with van der Waals surface area (Å²) in [6.07, 6.45) is 2.55. The van der Waals surface area contributed by atoms with E-state index in [9.17, 15) is 5.11 Å². The summed E-state index contributed by atoms with van der Waals surface area (Å²) >= 11 is 0. The number of aliphatic hydroxyl groups is 1. The van der Waals surface area contributed by atoms with Crippen molar-refractivity contribution in [1.29, 1.82) is 0 Å². The van der Waals surface area contributed by atoms with E-state index in [1.54, 1.807) is 18.6 Å². The smallest absolute Gasteiger partial charge is 0.107 e. The molecule has 2 aromatic rings. The molecule has 0 saturated carbocycles. The van der Waals surface area contributed by atoms with Crippen LogP contribution in [0.25, 0.3) is 0 Å². The van der Waals surface area contributed by atoms with E-state index < -0.39 is 6.10 Å². The summed E-state index contributed by atoms with van der Waals surface area (Å²) in [4.78, 5) is 0. The summed E-state index contributed by atoms with van der Waals surface area (Å²) in [6.45, 7) is 4.28. The fraction of sp³-hybridized carbons (Fsp3) is 0.286. The standard InChI is InChI=1S/C14H16O2/c1-10(2)11-4-3-5-12(8-11)14(15)13-6-7-16-9-13/h3-10,14-15H,1-2H3/t14-/m1/s1. The van der Waals surface area contributed by atoms with Crippen LogP contribution in [-0.4, -0.2) is 5.11 Å². The predicted molar refractivity (Wildman–Crippen MR) is 63.3 cm³/mol. The summed E-state index contributed by atoms with van der Waals surface area (Å²) in [5.74, 6) is 0.469. The van der Waals surface area contributed by atoms with E-state index in [0.29, 0.717) is 5.92 Å². The Kier molecular flexibility index (Phi) is 3.11. The molecule has 84 valence electrons. The minimum atomic E-state index is -0.600. The van der Waals surface area contributed by atoms with Crippen LogP contribution in [0.4, 0.5) is 0 Å². The van der Waals surface area contributed by atoms with Crippen LogP contribution in [0.15, 0.2) is 47.3 Å². The molecule has 0 saturated heterocycles. The zero-order valence-electron chi connectivity index (χ0n) is 9.55. The zero-order chi connectivity index (χ0) is 11.5. The zero-order valence-corrected chi connectivity index (χ0v) is 9.55. The van der Waals surface area contributed by atoms with Gasteiger partial charge >= 0.3 is 0 Å². The highest BCUT2D eigenvalue weighted by Crippen LogP contribution is 2.25. The normalized spacial score (nSPS) is 13.0. The van der Waals surface area contributed by atoms with Crippen molar-refractivity contribution < 1.29 is 9.52 Å². The first kappa shape index (κ1) is 11.0. The van der Waals surface area contributed by atoms with Gasteiger partial charge in [-0.05, 0) is 23.1 Å². The Hall–Kier alpha value is -1.54. The molecule has 0 aliphatic heterocycles. The minimum Gasteiger partial charge on any atom is -0.472 e. The third-order valence-corrected chi connectivity index (χ3v) is 2.75. The van der Waals surface area contributed by atoms with Gasteiger partial charge in [0.2, 0.25) is 0 Å². The molecule has 1 aromatic heterocycles. The van der Waals surface area contributed by atoms with Gasteiger partial charge in [-0.25, -0.2) is 0 Å². The highest BCUT2D eigenvalue weighted by molar-refractivity contribution is 5.32. The van der Waals surface area contributed by atoms with E-state index in [1.165, 1.54) is 5.56 Å². The van der Waals surface area contributed by atoms with Crippen LogP contribution >= 0.6 is 0 Å². The van der Waals surface area contributed by atoms with Crippen molar-refractivity contribution >= 4 is 0 Å². The summed E-state index contributed by atoms with van der Waals surface area (Å²) < 4.78 is 4.97. The second kappa shape index (κ2) is 4.54. The largest absolute Gasteiger partial charge is 0.472 e. The van der Waals surface area contributed by atoms with Gasteiger partial charge in [-0.2, -0.15) is 0 Å². The van der Waals surface area contributed by atoms with Crippen molar-refractivity contribution in [2.24, 2.45) is 0 Å². The maximum atomic E-state index is 10.1. The molecule has 2 nitrogen and oxygen atoms in total. The first-order valence-electron chi connectivity index (χ1n) is 5.48. The van der Waals surface area contributed by atoms with Crippen molar-refractivity contribution in [2.75, 3.05) is 0 Å². The third-order valence-electron chi connectivity index (χ3n) is 2.75. The van der Waals surface area contributed by atoms with Crippen LogP contribution in [0.1, 0.15) is 42.6 Å². The van der Waals surface area contributed by atoms with Crippen molar-refractivity contribution in [1.82, 2.24) is 0 Å². The van der Waals surface area contributed by atoms with Crippen molar-refractivity contribution in [3.63, 3.8) is 0 Å². The van der Waals surface area contributed by atoms with Crippen LogP contribution in [0, 0.1) is 0 Å². The van der Waals surface area contributed by atoms with E-state index in [-0.39, 0.29) is 0 Å². The fourth-order valence-corrected chi connectivity index (χ4v) is 1.71. The summed E-state index contributed by atoms with van der Waals surface area (Å²) in [5, 5.41) is 10.1. The number of rotatable bonds is 3. The van der Waals surface area contributed by atoms with Crippen LogP contribution in [0.2, 0.25) is 0 Å². The number of benzene rings is 1. The van der Waals surface area contributed by atoms with Crippen LogP contribution < -0.4 is 0 Å². The summed E-state index contributed by atoms with van der Waals surface area (Å²) in [5.41, 5.74) is 2.94. The molecule has 16 heavy (non-hydrogen) atoms. The SMILES string of the molecule is CC(C)c1cccc([C@@H](O)c2ccoc2)c1. The Labute approximate surface area is 95.5 Å². The molecular formula is C14H16O2. The second-order valence-corrected chi connectivity index (χ2v) is 4.28. The maximum absolute atomic E-state index is 10.1. The van der Waals surface area contributed by atoms with Crippen molar-refractivity contribution in [3.05, 3.63) is 59.5 Å². The third kappa shape index (κ3) is 2.17. The van der Waals surface area contributed by atoms with E-state index >= 15 is 0 Å². The highest BCUT2D eigenvalue weighted by Gasteiger charge is 2.12. The van der Waals surface area contributed by atoms with E-state index in [0.717, 1.165) is 11.1 Å². The maximum Gasteiger partial charge on any atom is 0.107 e. The molecule has 0 amide bonds. The van der Waals surface area contributed by atoms with Gasteiger partial charge in [0.1, 0.15) is 6.10 Å². The highest BCUT2D eigenvalue weighted by atomic mass is 16.3. The predicted octanol–water partition coefficient (Wildman–Crippen LogP) is 3.48. The molecule has 1 atom stereocenters. The topological polar surface area (TPSA) is 33.4 Å². The van der Waals surface area contributed by atoms with Gasteiger partial charge in [0, 0.05) is 5.56 Å². The Morgan fingerprint density at radius 3 is 2.44 bits per heavy atom.